The molecule has 0 saturated carbocycles. The molecule has 0 aliphatic rings. The van der Waals surface area contributed by atoms with E-state index in [9.17, 15) is 4.79 Å². The number of aromatic nitrogens is 2. The lowest BCUT2D eigenvalue weighted by atomic mass is 10.1. The van der Waals surface area contributed by atoms with Gasteiger partial charge in [-0.25, -0.2) is 4.68 Å². The Kier molecular flexibility index (Phi) is 7.12. The van der Waals surface area contributed by atoms with Crippen LogP contribution < -0.4 is 4.74 Å². The van der Waals surface area contributed by atoms with E-state index in [1.807, 2.05) is 42.5 Å². The SMILES string of the molecule is COCCN(Cc1c(-c2ccccc2)nn(C)c1Oc1ccccc1Cl)C(=O)c1ccco1. The summed E-state index contributed by atoms with van der Waals surface area (Å²) in [6, 6.07) is 20.3. The predicted octanol–water partition coefficient (Wildman–Crippen LogP) is 5.41. The maximum Gasteiger partial charge on any atom is 0.289 e. The van der Waals surface area contributed by atoms with Gasteiger partial charge in [-0.1, -0.05) is 54.1 Å². The standard InChI is InChI=1S/C25H24ClN3O4/c1-28-25(33-21-12-7-6-11-20(21)26)19(23(27-28)18-9-4-3-5-10-18)17-29(14-16-31-2)24(30)22-13-8-15-32-22/h3-13,15H,14,16-17H2,1-2H3. The number of hydrogen-bond acceptors (Lipinski definition) is 5. The van der Waals surface area contributed by atoms with Crippen LogP contribution in [0.2, 0.25) is 5.02 Å². The lowest BCUT2D eigenvalue weighted by molar-refractivity contribution is 0.0648. The molecule has 2 aromatic carbocycles. The van der Waals surface area contributed by atoms with Gasteiger partial charge in [-0.3, -0.25) is 4.79 Å². The lowest BCUT2D eigenvalue weighted by Gasteiger charge is -2.22. The van der Waals surface area contributed by atoms with Crippen LogP contribution >= 0.6 is 11.6 Å². The second kappa shape index (κ2) is 10.4. The maximum atomic E-state index is 13.2. The van der Waals surface area contributed by atoms with E-state index in [-0.39, 0.29) is 18.2 Å². The molecule has 0 N–H and O–H groups in total. The third-order valence-electron chi connectivity index (χ3n) is 5.11. The molecule has 0 saturated heterocycles. The van der Waals surface area contributed by atoms with Crippen molar-refractivity contribution in [1.82, 2.24) is 14.7 Å². The van der Waals surface area contributed by atoms with Crippen molar-refractivity contribution in [3.63, 3.8) is 0 Å². The van der Waals surface area contributed by atoms with Gasteiger partial charge in [0.15, 0.2) is 5.76 Å². The molecule has 0 bridgehead atoms. The number of halogens is 1. The summed E-state index contributed by atoms with van der Waals surface area (Å²) in [5, 5.41) is 5.20. The highest BCUT2D eigenvalue weighted by Gasteiger charge is 2.26. The van der Waals surface area contributed by atoms with Crippen molar-refractivity contribution in [2.45, 2.75) is 6.54 Å². The molecule has 33 heavy (non-hydrogen) atoms. The molecule has 170 valence electrons. The van der Waals surface area contributed by atoms with Gasteiger partial charge in [-0.15, -0.1) is 0 Å². The summed E-state index contributed by atoms with van der Waals surface area (Å²) in [5.41, 5.74) is 2.38. The second-order valence-corrected chi connectivity index (χ2v) is 7.76. The zero-order chi connectivity index (χ0) is 23.2. The van der Waals surface area contributed by atoms with Crippen LogP contribution in [0.5, 0.6) is 11.6 Å². The number of para-hydroxylation sites is 1. The van der Waals surface area contributed by atoms with Gasteiger partial charge in [-0.05, 0) is 24.3 Å². The molecule has 2 heterocycles. The third-order valence-corrected chi connectivity index (χ3v) is 5.42. The monoisotopic (exact) mass is 465 g/mol. The molecule has 0 unspecified atom stereocenters. The zero-order valence-electron chi connectivity index (χ0n) is 18.4. The summed E-state index contributed by atoms with van der Waals surface area (Å²) in [6.45, 7) is 0.972. The third kappa shape index (κ3) is 5.10. The van der Waals surface area contributed by atoms with Crippen molar-refractivity contribution in [2.24, 2.45) is 7.05 Å². The van der Waals surface area contributed by atoms with Crippen LogP contribution in [0, 0.1) is 0 Å². The van der Waals surface area contributed by atoms with E-state index in [1.165, 1.54) is 6.26 Å². The summed E-state index contributed by atoms with van der Waals surface area (Å²) in [7, 11) is 3.40. The first kappa shape index (κ1) is 22.6. The maximum absolute atomic E-state index is 13.2. The summed E-state index contributed by atoms with van der Waals surface area (Å²) >= 11 is 6.35. The highest BCUT2D eigenvalue weighted by molar-refractivity contribution is 6.32. The van der Waals surface area contributed by atoms with E-state index in [4.69, 9.17) is 30.6 Å². The molecule has 0 radical (unpaired) electrons. The van der Waals surface area contributed by atoms with Crippen LogP contribution in [-0.2, 0) is 18.3 Å². The average Bonchev–Trinajstić information content (AvgIpc) is 3.47. The fourth-order valence-electron chi connectivity index (χ4n) is 3.48. The number of benzene rings is 2. The number of ether oxygens (including phenoxy) is 2. The van der Waals surface area contributed by atoms with E-state index in [0.29, 0.717) is 29.8 Å². The van der Waals surface area contributed by atoms with Crippen molar-refractivity contribution in [3.8, 4) is 22.9 Å². The topological polar surface area (TPSA) is 69.7 Å². The Labute approximate surface area is 197 Å². The molecule has 0 fully saturated rings. The minimum absolute atomic E-state index is 0.237. The molecule has 4 aromatic rings. The van der Waals surface area contributed by atoms with Crippen LogP contribution in [0.3, 0.4) is 0 Å². The minimum atomic E-state index is -0.247. The molecular formula is C25H24ClN3O4. The summed E-state index contributed by atoms with van der Waals surface area (Å²) in [5.74, 6) is 1.01. The largest absolute Gasteiger partial charge is 0.459 e. The van der Waals surface area contributed by atoms with Crippen LogP contribution in [-0.4, -0.2) is 40.8 Å². The van der Waals surface area contributed by atoms with Crippen molar-refractivity contribution in [2.75, 3.05) is 20.3 Å². The van der Waals surface area contributed by atoms with E-state index >= 15 is 0 Å². The number of hydrogen-bond donors (Lipinski definition) is 0. The van der Waals surface area contributed by atoms with Crippen LogP contribution in [0.15, 0.2) is 77.4 Å². The van der Waals surface area contributed by atoms with Gasteiger partial charge in [0.25, 0.3) is 5.91 Å². The second-order valence-electron chi connectivity index (χ2n) is 7.35. The van der Waals surface area contributed by atoms with E-state index in [2.05, 4.69) is 0 Å². The molecule has 2 aromatic heterocycles. The van der Waals surface area contributed by atoms with Crippen molar-refractivity contribution < 1.29 is 18.7 Å². The van der Waals surface area contributed by atoms with Gasteiger partial charge < -0.3 is 18.8 Å². The van der Waals surface area contributed by atoms with Gasteiger partial charge >= 0.3 is 0 Å². The molecule has 0 spiro atoms. The Hall–Kier alpha value is -3.55. The molecule has 7 nitrogen and oxygen atoms in total. The number of amides is 1. The lowest BCUT2D eigenvalue weighted by Crippen LogP contribution is -2.33. The highest BCUT2D eigenvalue weighted by Crippen LogP contribution is 2.36. The van der Waals surface area contributed by atoms with Crippen molar-refractivity contribution in [1.29, 1.82) is 0 Å². The first-order valence-electron chi connectivity index (χ1n) is 10.4. The Bertz CT molecular complexity index is 1210. The number of rotatable bonds is 9. The fraction of sp³-hybridized carbons (Fsp3) is 0.200. The van der Waals surface area contributed by atoms with Crippen LogP contribution in [0.4, 0.5) is 0 Å². The van der Waals surface area contributed by atoms with Crippen LogP contribution in [0.1, 0.15) is 16.1 Å². The Morgan fingerprint density at radius 3 is 2.55 bits per heavy atom. The first-order chi connectivity index (χ1) is 16.1. The number of nitrogens with zero attached hydrogens (tertiary/aromatic N) is 3. The molecule has 0 aliphatic carbocycles. The molecule has 8 heteroatoms. The predicted molar refractivity (Wildman–Crippen MR) is 125 cm³/mol. The normalized spacial score (nSPS) is 10.9. The smallest absolute Gasteiger partial charge is 0.289 e. The van der Waals surface area contributed by atoms with Gasteiger partial charge in [-0.2, -0.15) is 5.10 Å². The zero-order valence-corrected chi connectivity index (χ0v) is 19.2. The average molecular weight is 466 g/mol. The Morgan fingerprint density at radius 1 is 1.09 bits per heavy atom. The number of aryl methyl sites for hydroxylation is 1. The number of carbonyl (C=O) groups is 1. The quantitative estimate of drug-likeness (QED) is 0.330. The van der Waals surface area contributed by atoms with Crippen molar-refractivity contribution in [3.05, 3.63) is 89.3 Å². The van der Waals surface area contributed by atoms with E-state index in [1.54, 1.807) is 48.0 Å². The highest BCUT2D eigenvalue weighted by atomic mass is 35.5. The Morgan fingerprint density at radius 2 is 1.85 bits per heavy atom. The van der Waals surface area contributed by atoms with Gasteiger partial charge in [0.1, 0.15) is 11.4 Å². The molecule has 1 amide bonds. The fourth-order valence-corrected chi connectivity index (χ4v) is 3.66. The van der Waals surface area contributed by atoms with Gasteiger partial charge in [0.2, 0.25) is 5.88 Å². The van der Waals surface area contributed by atoms with Crippen LogP contribution in [0.25, 0.3) is 11.3 Å². The van der Waals surface area contributed by atoms with E-state index < -0.39 is 0 Å². The number of carbonyl (C=O) groups excluding carboxylic acids is 1. The van der Waals surface area contributed by atoms with E-state index in [0.717, 1.165) is 16.8 Å². The Balaban J connectivity index is 1.77. The number of methoxy groups -OCH3 is 1. The molecule has 4 rings (SSSR count). The summed E-state index contributed by atoms with van der Waals surface area (Å²) in [6.07, 6.45) is 1.48. The van der Waals surface area contributed by atoms with Crippen molar-refractivity contribution >= 4 is 17.5 Å². The minimum Gasteiger partial charge on any atom is -0.459 e. The molecule has 0 aliphatic heterocycles. The van der Waals surface area contributed by atoms with Gasteiger partial charge in [0, 0.05) is 26.3 Å². The molecule has 0 atom stereocenters. The number of furan rings is 1. The molecular weight excluding hydrogens is 442 g/mol. The summed E-state index contributed by atoms with van der Waals surface area (Å²) in [4.78, 5) is 14.8. The summed E-state index contributed by atoms with van der Waals surface area (Å²) < 4.78 is 18.5. The first-order valence-corrected chi connectivity index (χ1v) is 10.8. The van der Waals surface area contributed by atoms with Gasteiger partial charge in [0.05, 0.1) is 30.0 Å².